The van der Waals surface area contributed by atoms with Crippen LogP contribution in [0.2, 0.25) is 5.15 Å². The number of rotatable bonds is 2. The molecule has 0 amide bonds. The SMILES string of the molecule is CC(C)c1nc(Cl)cc(N2CCCC(C)(C)CC2)n1. The molecule has 1 aliphatic heterocycles. The standard InChI is InChI=1S/C15H24ClN3/c1-11(2)14-17-12(16)10-13(18-14)19-8-5-6-15(3,4)7-9-19/h10-11H,5-9H2,1-4H3. The van der Waals surface area contributed by atoms with Gasteiger partial charge in [0, 0.05) is 25.1 Å². The van der Waals surface area contributed by atoms with E-state index in [9.17, 15) is 0 Å². The minimum Gasteiger partial charge on any atom is -0.356 e. The molecular formula is C15H24ClN3. The van der Waals surface area contributed by atoms with Crippen molar-refractivity contribution in [3.05, 3.63) is 17.0 Å². The lowest BCUT2D eigenvalue weighted by Crippen LogP contribution is -2.26. The Kier molecular flexibility index (Phi) is 4.34. The van der Waals surface area contributed by atoms with Gasteiger partial charge in [-0.05, 0) is 24.7 Å². The first-order valence-corrected chi connectivity index (χ1v) is 7.55. The molecule has 106 valence electrons. The maximum absolute atomic E-state index is 6.13. The average Bonchev–Trinajstić information content (AvgIpc) is 2.49. The summed E-state index contributed by atoms with van der Waals surface area (Å²) in [5.74, 6) is 2.13. The van der Waals surface area contributed by atoms with Crippen LogP contribution in [0.25, 0.3) is 0 Å². The van der Waals surface area contributed by atoms with Gasteiger partial charge in [0.2, 0.25) is 0 Å². The Bertz CT molecular complexity index is 443. The first kappa shape index (κ1) is 14.6. The molecule has 2 heterocycles. The zero-order chi connectivity index (χ0) is 14.0. The lowest BCUT2D eigenvalue weighted by atomic mass is 9.85. The molecule has 0 spiro atoms. The summed E-state index contributed by atoms with van der Waals surface area (Å²) < 4.78 is 0. The van der Waals surface area contributed by atoms with Crippen LogP contribution >= 0.6 is 11.6 Å². The van der Waals surface area contributed by atoms with Crippen LogP contribution < -0.4 is 4.90 Å². The zero-order valence-corrected chi connectivity index (χ0v) is 13.2. The molecule has 2 rings (SSSR count). The number of halogens is 1. The summed E-state index contributed by atoms with van der Waals surface area (Å²) in [7, 11) is 0. The molecule has 0 atom stereocenters. The van der Waals surface area contributed by atoms with Crippen LogP contribution in [0.5, 0.6) is 0 Å². The van der Waals surface area contributed by atoms with Gasteiger partial charge in [0.05, 0.1) is 0 Å². The zero-order valence-electron chi connectivity index (χ0n) is 12.4. The molecule has 1 saturated heterocycles. The Morgan fingerprint density at radius 3 is 2.63 bits per heavy atom. The van der Waals surface area contributed by atoms with Crippen molar-refractivity contribution in [3.63, 3.8) is 0 Å². The molecule has 1 fully saturated rings. The normalized spacial score (nSPS) is 19.6. The van der Waals surface area contributed by atoms with Crippen LogP contribution in [-0.2, 0) is 0 Å². The van der Waals surface area contributed by atoms with E-state index in [2.05, 4.69) is 42.6 Å². The van der Waals surface area contributed by atoms with E-state index in [1.54, 1.807) is 0 Å². The lowest BCUT2D eigenvalue weighted by Gasteiger charge is -2.24. The third-order valence-corrected chi connectivity index (χ3v) is 4.07. The van der Waals surface area contributed by atoms with Gasteiger partial charge >= 0.3 is 0 Å². The molecule has 1 aromatic heterocycles. The van der Waals surface area contributed by atoms with Crippen molar-refractivity contribution in [3.8, 4) is 0 Å². The van der Waals surface area contributed by atoms with E-state index in [1.807, 2.05) is 6.07 Å². The van der Waals surface area contributed by atoms with Crippen LogP contribution in [0.3, 0.4) is 0 Å². The molecule has 1 aromatic rings. The van der Waals surface area contributed by atoms with Gasteiger partial charge in [-0.3, -0.25) is 0 Å². The molecule has 0 saturated carbocycles. The van der Waals surface area contributed by atoms with E-state index in [-0.39, 0.29) is 0 Å². The lowest BCUT2D eigenvalue weighted by molar-refractivity contribution is 0.325. The molecule has 0 bridgehead atoms. The predicted molar refractivity (Wildman–Crippen MR) is 81.0 cm³/mol. The summed E-state index contributed by atoms with van der Waals surface area (Å²) in [5.41, 5.74) is 0.437. The van der Waals surface area contributed by atoms with Gasteiger partial charge in [-0.25, -0.2) is 9.97 Å². The fourth-order valence-electron chi connectivity index (χ4n) is 2.50. The number of hydrogen-bond acceptors (Lipinski definition) is 3. The average molecular weight is 282 g/mol. The fraction of sp³-hybridized carbons (Fsp3) is 0.733. The van der Waals surface area contributed by atoms with Crippen molar-refractivity contribution in [2.75, 3.05) is 18.0 Å². The first-order valence-electron chi connectivity index (χ1n) is 7.17. The van der Waals surface area contributed by atoms with Crippen molar-refractivity contribution in [1.82, 2.24) is 9.97 Å². The van der Waals surface area contributed by atoms with E-state index in [0.717, 1.165) is 24.7 Å². The smallest absolute Gasteiger partial charge is 0.135 e. The molecule has 4 heteroatoms. The summed E-state index contributed by atoms with van der Waals surface area (Å²) in [6.07, 6.45) is 3.69. The molecule has 0 unspecified atom stereocenters. The maximum atomic E-state index is 6.13. The van der Waals surface area contributed by atoms with Crippen molar-refractivity contribution in [2.45, 2.75) is 52.9 Å². The summed E-state index contributed by atoms with van der Waals surface area (Å²) >= 11 is 6.13. The second kappa shape index (κ2) is 5.66. The highest BCUT2D eigenvalue weighted by Gasteiger charge is 2.24. The van der Waals surface area contributed by atoms with Gasteiger partial charge < -0.3 is 4.90 Å². The first-order chi connectivity index (χ1) is 8.87. The van der Waals surface area contributed by atoms with Crippen LogP contribution in [0.1, 0.15) is 58.7 Å². The summed E-state index contributed by atoms with van der Waals surface area (Å²) in [6.45, 7) is 11.0. The van der Waals surface area contributed by atoms with Crippen molar-refractivity contribution in [2.24, 2.45) is 5.41 Å². The van der Waals surface area contributed by atoms with Crippen LogP contribution in [0.4, 0.5) is 5.82 Å². The Labute approximate surface area is 121 Å². The quantitative estimate of drug-likeness (QED) is 0.758. The monoisotopic (exact) mass is 281 g/mol. The highest BCUT2D eigenvalue weighted by Crippen LogP contribution is 2.31. The molecule has 0 N–H and O–H groups in total. The molecule has 0 aliphatic carbocycles. The molecule has 19 heavy (non-hydrogen) atoms. The van der Waals surface area contributed by atoms with Crippen LogP contribution in [0, 0.1) is 5.41 Å². The molecular weight excluding hydrogens is 258 g/mol. The third-order valence-electron chi connectivity index (χ3n) is 3.88. The molecule has 3 nitrogen and oxygen atoms in total. The highest BCUT2D eigenvalue weighted by atomic mass is 35.5. The number of aromatic nitrogens is 2. The van der Waals surface area contributed by atoms with E-state index < -0.39 is 0 Å². The maximum Gasteiger partial charge on any atom is 0.135 e. The molecule has 1 aliphatic rings. The summed E-state index contributed by atoms with van der Waals surface area (Å²) in [6, 6.07) is 1.89. The van der Waals surface area contributed by atoms with Gasteiger partial charge in [-0.15, -0.1) is 0 Å². The highest BCUT2D eigenvalue weighted by molar-refractivity contribution is 6.29. The Hall–Kier alpha value is -0.830. The second-order valence-electron chi connectivity index (χ2n) is 6.57. The number of anilines is 1. The number of hydrogen-bond donors (Lipinski definition) is 0. The largest absolute Gasteiger partial charge is 0.356 e. The van der Waals surface area contributed by atoms with Crippen LogP contribution in [-0.4, -0.2) is 23.1 Å². The Morgan fingerprint density at radius 1 is 1.21 bits per heavy atom. The van der Waals surface area contributed by atoms with Crippen molar-refractivity contribution >= 4 is 17.4 Å². The van der Waals surface area contributed by atoms with E-state index in [1.165, 1.54) is 19.3 Å². The third kappa shape index (κ3) is 3.82. The Balaban J connectivity index is 2.21. The summed E-state index contributed by atoms with van der Waals surface area (Å²) in [4.78, 5) is 11.3. The summed E-state index contributed by atoms with van der Waals surface area (Å²) in [5, 5.41) is 0.553. The van der Waals surface area contributed by atoms with Gasteiger partial charge in [0.1, 0.15) is 16.8 Å². The molecule has 0 radical (unpaired) electrons. The van der Waals surface area contributed by atoms with Gasteiger partial charge in [-0.2, -0.15) is 0 Å². The fourth-order valence-corrected chi connectivity index (χ4v) is 2.68. The van der Waals surface area contributed by atoms with Crippen molar-refractivity contribution in [1.29, 1.82) is 0 Å². The molecule has 0 aromatic carbocycles. The number of nitrogens with zero attached hydrogens (tertiary/aromatic N) is 3. The van der Waals surface area contributed by atoms with E-state index in [0.29, 0.717) is 16.5 Å². The Morgan fingerprint density at radius 2 is 1.95 bits per heavy atom. The van der Waals surface area contributed by atoms with Gasteiger partial charge in [0.25, 0.3) is 0 Å². The van der Waals surface area contributed by atoms with Crippen LogP contribution in [0.15, 0.2) is 6.07 Å². The topological polar surface area (TPSA) is 29.0 Å². The predicted octanol–water partition coefficient (Wildman–Crippen LogP) is 4.27. The van der Waals surface area contributed by atoms with Crippen molar-refractivity contribution < 1.29 is 0 Å². The minimum atomic E-state index is 0.306. The van der Waals surface area contributed by atoms with E-state index in [4.69, 9.17) is 11.6 Å². The van der Waals surface area contributed by atoms with Gasteiger partial charge in [-0.1, -0.05) is 39.3 Å². The van der Waals surface area contributed by atoms with E-state index >= 15 is 0 Å². The minimum absolute atomic E-state index is 0.306. The second-order valence-corrected chi connectivity index (χ2v) is 6.95. The van der Waals surface area contributed by atoms with Gasteiger partial charge in [0.15, 0.2) is 0 Å².